The van der Waals surface area contributed by atoms with Crippen molar-refractivity contribution in [1.82, 2.24) is 8.61 Å². The van der Waals surface area contributed by atoms with Gasteiger partial charge in [0.05, 0.1) is 27.7 Å². The largest absolute Gasteiger partial charge is 0.495 e. The van der Waals surface area contributed by atoms with Gasteiger partial charge in [-0.05, 0) is 49.1 Å². The van der Waals surface area contributed by atoms with E-state index in [4.69, 9.17) is 27.9 Å². The number of sulfonamides is 2. The van der Waals surface area contributed by atoms with Crippen LogP contribution < -0.4 is 9.64 Å². The highest BCUT2D eigenvalue weighted by atomic mass is 35.5. The van der Waals surface area contributed by atoms with Gasteiger partial charge in [-0.1, -0.05) is 36.2 Å². The van der Waals surface area contributed by atoms with Crippen LogP contribution in [-0.2, 0) is 20.0 Å². The molecule has 12 heteroatoms. The van der Waals surface area contributed by atoms with Crippen LogP contribution in [0.15, 0.2) is 46.2 Å². The quantitative estimate of drug-likeness (QED) is 0.531. The fraction of sp³-hybridized carbons (Fsp3) is 0.478. The van der Waals surface area contributed by atoms with Crippen LogP contribution >= 0.6 is 23.2 Å². The fourth-order valence-corrected chi connectivity index (χ4v) is 8.36. The predicted octanol–water partition coefficient (Wildman–Crippen LogP) is 3.93. The monoisotopic (exact) mass is 561 g/mol. The van der Waals surface area contributed by atoms with Gasteiger partial charge in [-0.3, -0.25) is 0 Å². The summed E-state index contributed by atoms with van der Waals surface area (Å²) < 4.78 is 61.4. The van der Waals surface area contributed by atoms with E-state index in [1.54, 1.807) is 34.6 Å². The Labute approximate surface area is 217 Å². The topological polar surface area (TPSA) is 87.2 Å². The van der Waals surface area contributed by atoms with Gasteiger partial charge in [0.2, 0.25) is 20.0 Å². The van der Waals surface area contributed by atoms with Crippen molar-refractivity contribution < 1.29 is 21.6 Å². The van der Waals surface area contributed by atoms with Crippen molar-refractivity contribution in [2.45, 2.75) is 29.6 Å². The third-order valence-electron chi connectivity index (χ3n) is 6.52. The van der Waals surface area contributed by atoms with Crippen molar-refractivity contribution in [2.24, 2.45) is 5.92 Å². The SMILES string of the molecule is COc1ccc(S(=O)(=O)N2CCC[C@@H](C)C2)cc1N1CCN(S(=O)(=O)c2cccc(Cl)c2Cl)CC1. The molecule has 0 radical (unpaired) electrons. The Kier molecular flexibility index (Phi) is 7.90. The molecule has 2 aromatic carbocycles. The third-order valence-corrected chi connectivity index (χ3v) is 11.3. The Hall–Kier alpha value is -1.56. The number of piperazine rings is 1. The van der Waals surface area contributed by atoms with Crippen LogP contribution in [0.2, 0.25) is 10.0 Å². The molecule has 0 aromatic heterocycles. The van der Waals surface area contributed by atoms with E-state index in [0.29, 0.717) is 43.5 Å². The lowest BCUT2D eigenvalue weighted by molar-refractivity contribution is 0.281. The van der Waals surface area contributed by atoms with E-state index < -0.39 is 20.0 Å². The summed E-state index contributed by atoms with van der Waals surface area (Å²) in [5.74, 6) is 0.851. The Bertz CT molecular complexity index is 1300. The molecule has 0 spiro atoms. The molecule has 8 nitrogen and oxygen atoms in total. The summed E-state index contributed by atoms with van der Waals surface area (Å²) in [5, 5.41) is 0.181. The first-order valence-corrected chi connectivity index (χ1v) is 15.1. The Balaban J connectivity index is 1.56. The predicted molar refractivity (Wildman–Crippen MR) is 138 cm³/mol. The molecule has 35 heavy (non-hydrogen) atoms. The molecule has 4 rings (SSSR count). The molecule has 2 fully saturated rings. The first-order chi connectivity index (χ1) is 16.6. The van der Waals surface area contributed by atoms with Gasteiger partial charge in [-0.25, -0.2) is 16.8 Å². The summed E-state index contributed by atoms with van der Waals surface area (Å²) in [6.07, 6.45) is 1.87. The van der Waals surface area contributed by atoms with Gasteiger partial charge in [0.15, 0.2) is 0 Å². The molecule has 2 aliphatic heterocycles. The molecule has 192 valence electrons. The lowest BCUT2D eigenvalue weighted by atomic mass is 10.0. The van der Waals surface area contributed by atoms with Crippen LogP contribution in [0.25, 0.3) is 0 Å². The van der Waals surface area contributed by atoms with Gasteiger partial charge < -0.3 is 9.64 Å². The molecule has 0 saturated carbocycles. The standard InChI is InChI=1S/C23H29Cl2N3O5S2/c1-17-5-4-10-28(16-17)34(29,30)18-8-9-21(33-2)20(15-18)26-11-13-27(14-12-26)35(31,32)22-7-3-6-19(24)23(22)25/h3,6-9,15,17H,4-5,10-14,16H2,1-2H3/t17-/m1/s1. The van der Waals surface area contributed by atoms with E-state index >= 15 is 0 Å². The molecular formula is C23H29Cl2N3O5S2. The summed E-state index contributed by atoms with van der Waals surface area (Å²) in [6, 6.07) is 9.39. The molecule has 2 aromatic rings. The van der Waals surface area contributed by atoms with Gasteiger partial charge in [-0.2, -0.15) is 8.61 Å². The molecule has 2 saturated heterocycles. The first kappa shape index (κ1) is 26.5. The van der Waals surface area contributed by atoms with Gasteiger partial charge >= 0.3 is 0 Å². The van der Waals surface area contributed by atoms with E-state index in [1.165, 1.54) is 17.5 Å². The van der Waals surface area contributed by atoms with E-state index in [0.717, 1.165) is 12.8 Å². The second-order valence-electron chi connectivity index (χ2n) is 8.89. The number of piperidine rings is 1. The zero-order valence-corrected chi connectivity index (χ0v) is 22.8. The van der Waals surface area contributed by atoms with Gasteiger partial charge in [0.1, 0.15) is 10.6 Å². The molecule has 0 bridgehead atoms. The van der Waals surface area contributed by atoms with E-state index in [1.807, 2.05) is 4.90 Å². The number of methoxy groups -OCH3 is 1. The lowest BCUT2D eigenvalue weighted by Crippen LogP contribution is -2.48. The van der Waals surface area contributed by atoms with Crippen molar-refractivity contribution in [2.75, 3.05) is 51.3 Å². The Morgan fingerprint density at radius 1 is 0.914 bits per heavy atom. The number of halogens is 2. The lowest BCUT2D eigenvalue weighted by Gasteiger charge is -2.36. The van der Waals surface area contributed by atoms with Crippen molar-refractivity contribution >= 4 is 48.9 Å². The third kappa shape index (κ3) is 5.28. The second-order valence-corrected chi connectivity index (χ2v) is 13.5. The summed E-state index contributed by atoms with van der Waals surface area (Å²) in [4.78, 5) is 2.13. The van der Waals surface area contributed by atoms with Crippen molar-refractivity contribution in [3.63, 3.8) is 0 Å². The minimum atomic E-state index is -3.83. The van der Waals surface area contributed by atoms with E-state index in [-0.39, 0.29) is 32.9 Å². The van der Waals surface area contributed by atoms with Crippen LogP contribution in [0.1, 0.15) is 19.8 Å². The smallest absolute Gasteiger partial charge is 0.244 e. The van der Waals surface area contributed by atoms with Crippen molar-refractivity contribution in [3.05, 3.63) is 46.4 Å². The zero-order chi connectivity index (χ0) is 25.4. The van der Waals surface area contributed by atoms with E-state index in [9.17, 15) is 16.8 Å². The highest BCUT2D eigenvalue weighted by molar-refractivity contribution is 7.89. The van der Waals surface area contributed by atoms with Crippen LogP contribution in [0.4, 0.5) is 5.69 Å². The summed E-state index contributed by atoms with van der Waals surface area (Å²) >= 11 is 12.2. The number of benzene rings is 2. The maximum absolute atomic E-state index is 13.3. The molecule has 0 N–H and O–H groups in total. The van der Waals surface area contributed by atoms with Gasteiger partial charge in [0.25, 0.3) is 0 Å². The van der Waals surface area contributed by atoms with Crippen LogP contribution in [-0.4, -0.2) is 71.8 Å². The highest BCUT2D eigenvalue weighted by Gasteiger charge is 2.33. The minimum Gasteiger partial charge on any atom is -0.495 e. The fourth-order valence-electron chi connectivity index (χ4n) is 4.58. The molecular weight excluding hydrogens is 533 g/mol. The van der Waals surface area contributed by atoms with Gasteiger partial charge in [0, 0.05) is 39.3 Å². The molecule has 2 heterocycles. The van der Waals surface area contributed by atoms with Gasteiger partial charge in [-0.15, -0.1) is 0 Å². The summed E-state index contributed by atoms with van der Waals surface area (Å²) in [5.41, 5.74) is 0.622. The van der Waals surface area contributed by atoms with Crippen LogP contribution in [0.3, 0.4) is 0 Å². The number of nitrogens with zero attached hydrogens (tertiary/aromatic N) is 3. The molecule has 0 amide bonds. The average molecular weight is 563 g/mol. The van der Waals surface area contributed by atoms with Crippen molar-refractivity contribution in [1.29, 1.82) is 0 Å². The molecule has 1 atom stereocenters. The molecule has 2 aliphatic rings. The Morgan fingerprint density at radius 3 is 2.29 bits per heavy atom. The molecule has 0 unspecified atom stereocenters. The maximum Gasteiger partial charge on any atom is 0.244 e. The summed E-state index contributed by atoms with van der Waals surface area (Å²) in [6.45, 7) is 4.20. The number of hydrogen-bond donors (Lipinski definition) is 0. The summed E-state index contributed by atoms with van der Waals surface area (Å²) in [7, 11) is -5.94. The van der Waals surface area contributed by atoms with Crippen molar-refractivity contribution in [3.8, 4) is 5.75 Å². The highest BCUT2D eigenvalue weighted by Crippen LogP contribution is 2.35. The maximum atomic E-state index is 13.3. The Morgan fingerprint density at radius 2 is 1.63 bits per heavy atom. The number of hydrogen-bond acceptors (Lipinski definition) is 6. The zero-order valence-electron chi connectivity index (χ0n) is 19.7. The first-order valence-electron chi connectivity index (χ1n) is 11.4. The normalized spacial score (nSPS) is 20.7. The minimum absolute atomic E-state index is 0.00297. The van der Waals surface area contributed by atoms with E-state index in [2.05, 4.69) is 6.92 Å². The average Bonchev–Trinajstić information content (AvgIpc) is 2.85. The van der Waals surface area contributed by atoms with Crippen LogP contribution in [0.5, 0.6) is 5.75 Å². The molecule has 0 aliphatic carbocycles. The number of anilines is 1. The number of ether oxygens (including phenoxy) is 1. The second kappa shape index (κ2) is 10.4. The van der Waals surface area contributed by atoms with Crippen LogP contribution in [0, 0.1) is 5.92 Å². The number of rotatable bonds is 6.